The average molecular weight is 264 g/mol. The molecule has 0 radical (unpaired) electrons. The topological polar surface area (TPSA) is 74.7 Å². The van der Waals surface area contributed by atoms with Crippen molar-refractivity contribution in [3.05, 3.63) is 53.6 Å². The van der Waals surface area contributed by atoms with Crippen LogP contribution in [0.3, 0.4) is 0 Å². The molecule has 1 heterocycles. The van der Waals surface area contributed by atoms with Crippen molar-refractivity contribution in [3.63, 3.8) is 0 Å². The Kier molecular flexibility index (Phi) is 2.93. The van der Waals surface area contributed by atoms with E-state index in [4.69, 9.17) is 5.26 Å². The van der Waals surface area contributed by atoms with Gasteiger partial charge in [-0.1, -0.05) is 23.4 Å². The van der Waals surface area contributed by atoms with Crippen LogP contribution in [0.4, 0.5) is 0 Å². The number of aliphatic hydroxyl groups excluding tert-OH is 1. The van der Waals surface area contributed by atoms with Gasteiger partial charge in [-0.3, -0.25) is 0 Å². The molecule has 20 heavy (non-hydrogen) atoms. The number of rotatable bonds is 2. The predicted molar refractivity (Wildman–Crippen MR) is 74.2 cm³/mol. The highest BCUT2D eigenvalue weighted by Crippen LogP contribution is 2.25. The number of fused-ring (bicyclic) bond motifs is 1. The Morgan fingerprint density at radius 2 is 2.05 bits per heavy atom. The molecule has 0 saturated heterocycles. The lowest BCUT2D eigenvalue weighted by molar-refractivity contribution is 0.199. The number of nitriles is 1. The van der Waals surface area contributed by atoms with Gasteiger partial charge in [0.1, 0.15) is 5.52 Å². The van der Waals surface area contributed by atoms with E-state index < -0.39 is 6.10 Å². The summed E-state index contributed by atoms with van der Waals surface area (Å²) in [7, 11) is 0. The summed E-state index contributed by atoms with van der Waals surface area (Å²) >= 11 is 0. The monoisotopic (exact) mass is 264 g/mol. The zero-order valence-corrected chi connectivity index (χ0v) is 10.9. The van der Waals surface area contributed by atoms with E-state index >= 15 is 0 Å². The minimum Gasteiger partial charge on any atom is -0.389 e. The first-order valence-corrected chi connectivity index (χ1v) is 6.23. The van der Waals surface area contributed by atoms with Gasteiger partial charge in [-0.05, 0) is 31.2 Å². The fraction of sp³-hybridized carbons (Fsp3) is 0.133. The fourth-order valence-corrected chi connectivity index (χ4v) is 2.20. The van der Waals surface area contributed by atoms with E-state index in [-0.39, 0.29) is 0 Å². The molecule has 5 heteroatoms. The summed E-state index contributed by atoms with van der Waals surface area (Å²) in [5, 5.41) is 27.2. The first kappa shape index (κ1) is 12.3. The van der Waals surface area contributed by atoms with Crippen LogP contribution >= 0.6 is 0 Å². The molecule has 0 bridgehead atoms. The summed E-state index contributed by atoms with van der Waals surface area (Å²) in [6.45, 7) is 1.68. The maximum absolute atomic E-state index is 9.89. The largest absolute Gasteiger partial charge is 0.389 e. The van der Waals surface area contributed by atoms with Gasteiger partial charge in [0.25, 0.3) is 0 Å². The van der Waals surface area contributed by atoms with Crippen molar-refractivity contribution in [3.8, 4) is 11.8 Å². The van der Waals surface area contributed by atoms with Crippen molar-refractivity contribution >= 4 is 11.0 Å². The number of benzene rings is 2. The average Bonchev–Trinajstić information content (AvgIpc) is 2.90. The van der Waals surface area contributed by atoms with Gasteiger partial charge in [-0.2, -0.15) is 5.26 Å². The molecule has 0 aliphatic heterocycles. The molecule has 0 aliphatic carbocycles. The Labute approximate surface area is 115 Å². The second kappa shape index (κ2) is 4.76. The zero-order valence-electron chi connectivity index (χ0n) is 10.9. The van der Waals surface area contributed by atoms with Crippen LogP contribution in [0.2, 0.25) is 0 Å². The predicted octanol–water partition coefficient (Wildman–Crippen LogP) is 2.35. The molecule has 0 saturated carbocycles. The molecular formula is C15H12N4O. The van der Waals surface area contributed by atoms with Gasteiger partial charge in [0.15, 0.2) is 0 Å². The lowest BCUT2D eigenvalue weighted by Gasteiger charge is -2.12. The molecule has 0 fully saturated rings. The van der Waals surface area contributed by atoms with Gasteiger partial charge < -0.3 is 5.11 Å². The van der Waals surface area contributed by atoms with E-state index in [9.17, 15) is 5.11 Å². The normalized spacial score (nSPS) is 12.2. The Morgan fingerprint density at radius 3 is 2.80 bits per heavy atom. The maximum Gasteiger partial charge on any atom is 0.113 e. The van der Waals surface area contributed by atoms with Crippen LogP contribution in [0.5, 0.6) is 0 Å². The molecule has 2 aromatic carbocycles. The summed E-state index contributed by atoms with van der Waals surface area (Å²) in [6, 6.07) is 14.8. The van der Waals surface area contributed by atoms with Crippen molar-refractivity contribution in [2.75, 3.05) is 0 Å². The standard InChI is InChI=1S/C15H12N4O/c1-10(20)12-7-6-11(9-16)8-15(12)19-14-5-3-2-4-13(14)17-18-19/h2-8,10,20H,1H3/t10-/m0/s1. The number of aromatic nitrogens is 3. The molecule has 1 N–H and O–H groups in total. The smallest absolute Gasteiger partial charge is 0.113 e. The number of hydrogen-bond donors (Lipinski definition) is 1. The molecule has 0 aliphatic rings. The van der Waals surface area contributed by atoms with Crippen LogP contribution in [0, 0.1) is 11.3 Å². The molecule has 1 atom stereocenters. The van der Waals surface area contributed by atoms with E-state index in [1.54, 1.807) is 29.8 Å². The Hall–Kier alpha value is -2.71. The van der Waals surface area contributed by atoms with Gasteiger partial charge in [0, 0.05) is 5.56 Å². The van der Waals surface area contributed by atoms with E-state index in [1.807, 2.05) is 24.3 Å². The van der Waals surface area contributed by atoms with Gasteiger partial charge in [0.2, 0.25) is 0 Å². The van der Waals surface area contributed by atoms with E-state index in [2.05, 4.69) is 16.4 Å². The van der Waals surface area contributed by atoms with E-state index in [1.165, 1.54) is 0 Å². The van der Waals surface area contributed by atoms with Crippen molar-refractivity contribution in [1.82, 2.24) is 15.0 Å². The van der Waals surface area contributed by atoms with Crippen LogP contribution in [0.1, 0.15) is 24.2 Å². The number of aliphatic hydroxyl groups is 1. The fourth-order valence-electron chi connectivity index (χ4n) is 2.20. The van der Waals surface area contributed by atoms with E-state index in [0.717, 1.165) is 11.0 Å². The molecule has 0 unspecified atom stereocenters. The third-order valence-corrected chi connectivity index (χ3v) is 3.19. The summed E-state index contributed by atoms with van der Waals surface area (Å²) in [4.78, 5) is 0. The van der Waals surface area contributed by atoms with Crippen molar-refractivity contribution in [1.29, 1.82) is 5.26 Å². The number of hydrogen-bond acceptors (Lipinski definition) is 4. The quantitative estimate of drug-likeness (QED) is 0.771. The lowest BCUT2D eigenvalue weighted by atomic mass is 10.1. The lowest BCUT2D eigenvalue weighted by Crippen LogP contribution is -2.04. The first-order valence-electron chi connectivity index (χ1n) is 6.23. The zero-order chi connectivity index (χ0) is 14.1. The Balaban J connectivity index is 2.30. The van der Waals surface area contributed by atoms with E-state index in [0.29, 0.717) is 16.8 Å². The molecule has 1 aromatic heterocycles. The minimum absolute atomic E-state index is 0.518. The molecule has 3 rings (SSSR count). The maximum atomic E-state index is 9.89. The molecular weight excluding hydrogens is 252 g/mol. The van der Waals surface area contributed by atoms with Gasteiger partial charge in [-0.15, -0.1) is 5.10 Å². The third kappa shape index (κ3) is 1.92. The van der Waals surface area contributed by atoms with Crippen LogP contribution in [0.25, 0.3) is 16.7 Å². The molecule has 5 nitrogen and oxygen atoms in total. The van der Waals surface area contributed by atoms with Crippen molar-refractivity contribution in [2.24, 2.45) is 0 Å². The highest BCUT2D eigenvalue weighted by molar-refractivity contribution is 5.76. The van der Waals surface area contributed by atoms with Gasteiger partial charge >= 0.3 is 0 Å². The van der Waals surface area contributed by atoms with Gasteiger partial charge in [-0.25, -0.2) is 4.68 Å². The number of nitrogens with zero attached hydrogens (tertiary/aromatic N) is 4. The second-order valence-corrected chi connectivity index (χ2v) is 4.55. The summed E-state index contributed by atoms with van der Waals surface area (Å²) in [5.41, 5.74) is 3.51. The summed E-state index contributed by atoms with van der Waals surface area (Å²) in [6.07, 6.45) is -0.652. The highest BCUT2D eigenvalue weighted by Gasteiger charge is 2.14. The Bertz CT molecular complexity index is 814. The minimum atomic E-state index is -0.652. The van der Waals surface area contributed by atoms with Crippen molar-refractivity contribution in [2.45, 2.75) is 13.0 Å². The second-order valence-electron chi connectivity index (χ2n) is 4.55. The third-order valence-electron chi connectivity index (χ3n) is 3.19. The van der Waals surface area contributed by atoms with Crippen LogP contribution < -0.4 is 0 Å². The summed E-state index contributed by atoms with van der Waals surface area (Å²) in [5.74, 6) is 0. The van der Waals surface area contributed by atoms with Gasteiger partial charge in [0.05, 0.1) is 28.9 Å². The number of para-hydroxylation sites is 1. The van der Waals surface area contributed by atoms with Crippen LogP contribution in [-0.4, -0.2) is 20.1 Å². The van der Waals surface area contributed by atoms with Crippen molar-refractivity contribution < 1.29 is 5.11 Å². The first-order chi connectivity index (χ1) is 9.70. The van der Waals surface area contributed by atoms with Crippen LogP contribution in [-0.2, 0) is 0 Å². The molecule has 0 spiro atoms. The molecule has 3 aromatic rings. The Morgan fingerprint density at radius 1 is 1.25 bits per heavy atom. The highest BCUT2D eigenvalue weighted by atomic mass is 16.3. The van der Waals surface area contributed by atoms with Crippen LogP contribution in [0.15, 0.2) is 42.5 Å². The molecule has 98 valence electrons. The summed E-state index contributed by atoms with van der Waals surface area (Å²) < 4.78 is 1.65. The SMILES string of the molecule is C[C@H](O)c1ccc(C#N)cc1-n1nnc2ccccc21. The molecule has 0 amide bonds.